The van der Waals surface area contributed by atoms with Gasteiger partial charge in [0, 0.05) is 16.3 Å². The summed E-state index contributed by atoms with van der Waals surface area (Å²) >= 11 is 7.55. The Kier molecular flexibility index (Phi) is 4.14. The van der Waals surface area contributed by atoms with Crippen molar-refractivity contribution in [3.05, 3.63) is 78.1 Å². The van der Waals surface area contributed by atoms with Gasteiger partial charge in [-0.25, -0.2) is 9.36 Å². The van der Waals surface area contributed by atoms with Crippen LogP contribution in [0.1, 0.15) is 22.9 Å². The minimum absolute atomic E-state index is 0.0314. The Labute approximate surface area is 156 Å². The minimum Gasteiger partial charge on any atom is -0.493 e. The largest absolute Gasteiger partial charge is 0.493 e. The SMILES string of the molecule is O=c1[nH]c(=O)n(-c2cccc(Cl)c2)c(O)c1C1=NN[C@@H](c2cccs2)C1. The maximum absolute atomic E-state index is 12.3. The van der Waals surface area contributed by atoms with E-state index >= 15 is 0 Å². The van der Waals surface area contributed by atoms with Gasteiger partial charge in [-0.1, -0.05) is 23.7 Å². The minimum atomic E-state index is -0.750. The molecule has 0 unspecified atom stereocenters. The van der Waals surface area contributed by atoms with E-state index in [1.54, 1.807) is 29.5 Å². The Morgan fingerprint density at radius 2 is 2.12 bits per heavy atom. The number of nitrogens with zero attached hydrogens (tertiary/aromatic N) is 2. The highest BCUT2D eigenvalue weighted by Gasteiger charge is 2.28. The molecule has 26 heavy (non-hydrogen) atoms. The number of H-pyrrole nitrogens is 1. The lowest BCUT2D eigenvalue weighted by molar-refractivity contribution is 0.429. The third-order valence-corrected chi connectivity index (χ3v) is 5.30. The molecule has 132 valence electrons. The summed E-state index contributed by atoms with van der Waals surface area (Å²) in [5.41, 5.74) is 2.24. The number of thiophene rings is 1. The standard InChI is InChI=1S/C17H13ClN4O3S/c18-9-3-1-4-10(7-9)22-16(24)14(15(23)19-17(22)25)12-8-11(20-21-12)13-5-2-6-26-13/h1-7,11,20,24H,8H2,(H,19,23,25)/t11-/m1/s1. The zero-order chi connectivity index (χ0) is 18.3. The molecule has 2 aromatic heterocycles. The first kappa shape index (κ1) is 16.6. The zero-order valence-corrected chi connectivity index (χ0v) is 14.8. The number of halogens is 1. The quantitative estimate of drug-likeness (QED) is 0.641. The van der Waals surface area contributed by atoms with E-state index in [9.17, 15) is 14.7 Å². The fourth-order valence-corrected chi connectivity index (χ4v) is 3.85. The maximum Gasteiger partial charge on any atom is 0.335 e. The van der Waals surface area contributed by atoms with Gasteiger partial charge in [0.05, 0.1) is 17.4 Å². The summed E-state index contributed by atoms with van der Waals surface area (Å²) in [6, 6.07) is 10.3. The molecule has 0 fully saturated rings. The van der Waals surface area contributed by atoms with E-state index in [0.717, 1.165) is 9.44 Å². The number of benzene rings is 1. The summed E-state index contributed by atoms with van der Waals surface area (Å²) in [7, 11) is 0. The predicted octanol–water partition coefficient (Wildman–Crippen LogP) is 2.39. The first-order valence-electron chi connectivity index (χ1n) is 7.74. The van der Waals surface area contributed by atoms with Crippen molar-refractivity contribution in [3.8, 4) is 11.6 Å². The van der Waals surface area contributed by atoms with E-state index in [0.29, 0.717) is 22.8 Å². The Bertz CT molecular complexity index is 1120. The molecule has 3 aromatic rings. The van der Waals surface area contributed by atoms with Crippen molar-refractivity contribution in [2.75, 3.05) is 0 Å². The number of aromatic hydroxyl groups is 1. The van der Waals surface area contributed by atoms with Crippen LogP contribution in [0.5, 0.6) is 5.88 Å². The van der Waals surface area contributed by atoms with Crippen LogP contribution in [-0.2, 0) is 0 Å². The van der Waals surface area contributed by atoms with E-state index < -0.39 is 17.1 Å². The van der Waals surface area contributed by atoms with Crippen LogP contribution in [0.2, 0.25) is 5.02 Å². The smallest absolute Gasteiger partial charge is 0.335 e. The molecule has 0 amide bonds. The second-order valence-electron chi connectivity index (χ2n) is 5.73. The Balaban J connectivity index is 1.80. The van der Waals surface area contributed by atoms with Crippen LogP contribution in [0.4, 0.5) is 0 Å². The molecule has 7 nitrogen and oxygen atoms in total. The second kappa shape index (κ2) is 6.47. The molecule has 0 saturated carbocycles. The highest BCUT2D eigenvalue weighted by Crippen LogP contribution is 2.29. The summed E-state index contributed by atoms with van der Waals surface area (Å²) in [4.78, 5) is 27.9. The van der Waals surface area contributed by atoms with Gasteiger partial charge in [-0.15, -0.1) is 11.3 Å². The second-order valence-corrected chi connectivity index (χ2v) is 7.15. The molecule has 0 radical (unpaired) electrons. The van der Waals surface area contributed by atoms with Crippen molar-refractivity contribution in [2.45, 2.75) is 12.5 Å². The molecule has 0 bridgehead atoms. The molecule has 0 saturated heterocycles. The van der Waals surface area contributed by atoms with Gasteiger partial charge in [0.25, 0.3) is 5.56 Å². The summed E-state index contributed by atoms with van der Waals surface area (Å²) in [5, 5.41) is 17.2. The highest BCUT2D eigenvalue weighted by molar-refractivity contribution is 7.10. The Morgan fingerprint density at radius 3 is 2.85 bits per heavy atom. The number of rotatable bonds is 3. The lowest BCUT2D eigenvalue weighted by atomic mass is 10.1. The molecule has 4 rings (SSSR count). The molecule has 3 N–H and O–H groups in total. The van der Waals surface area contributed by atoms with Crippen molar-refractivity contribution < 1.29 is 5.11 Å². The van der Waals surface area contributed by atoms with Gasteiger partial charge in [0.2, 0.25) is 5.88 Å². The van der Waals surface area contributed by atoms with Gasteiger partial charge in [-0.05, 0) is 29.6 Å². The van der Waals surface area contributed by atoms with Crippen molar-refractivity contribution in [1.82, 2.24) is 15.0 Å². The number of aromatic nitrogens is 2. The molecular formula is C17H13ClN4O3S. The highest BCUT2D eigenvalue weighted by atomic mass is 35.5. The van der Waals surface area contributed by atoms with Crippen LogP contribution in [-0.4, -0.2) is 20.4 Å². The van der Waals surface area contributed by atoms with Gasteiger partial charge in [-0.3, -0.25) is 9.78 Å². The van der Waals surface area contributed by atoms with E-state index in [4.69, 9.17) is 11.6 Å². The molecule has 0 aliphatic carbocycles. The third kappa shape index (κ3) is 2.83. The van der Waals surface area contributed by atoms with Crippen molar-refractivity contribution >= 4 is 28.6 Å². The van der Waals surface area contributed by atoms with Crippen LogP contribution < -0.4 is 16.7 Å². The summed E-state index contributed by atoms with van der Waals surface area (Å²) in [5.74, 6) is -0.464. The first-order valence-corrected chi connectivity index (χ1v) is 9.00. The van der Waals surface area contributed by atoms with Gasteiger partial charge >= 0.3 is 5.69 Å². The molecule has 1 atom stereocenters. The van der Waals surface area contributed by atoms with E-state index in [1.165, 1.54) is 6.07 Å². The number of aromatic amines is 1. The lowest BCUT2D eigenvalue weighted by Gasteiger charge is -2.11. The Hall–Kier alpha value is -2.84. The normalized spacial score (nSPS) is 16.3. The molecule has 9 heteroatoms. The summed E-state index contributed by atoms with van der Waals surface area (Å²) < 4.78 is 1.00. The van der Waals surface area contributed by atoms with Crippen molar-refractivity contribution in [2.24, 2.45) is 5.10 Å². The van der Waals surface area contributed by atoms with Crippen LogP contribution in [0.15, 0.2) is 56.5 Å². The maximum atomic E-state index is 12.3. The fraction of sp³-hybridized carbons (Fsp3) is 0.118. The van der Waals surface area contributed by atoms with Crippen LogP contribution in [0.25, 0.3) is 5.69 Å². The predicted molar refractivity (Wildman–Crippen MR) is 101 cm³/mol. The summed E-state index contributed by atoms with van der Waals surface area (Å²) in [6.45, 7) is 0. The van der Waals surface area contributed by atoms with E-state index in [-0.39, 0.29) is 11.6 Å². The molecule has 1 aliphatic heterocycles. The monoisotopic (exact) mass is 388 g/mol. The van der Waals surface area contributed by atoms with Gasteiger partial charge in [0.15, 0.2) is 0 Å². The van der Waals surface area contributed by atoms with Crippen molar-refractivity contribution in [1.29, 1.82) is 0 Å². The third-order valence-electron chi connectivity index (χ3n) is 4.08. The van der Waals surface area contributed by atoms with Gasteiger partial charge in [0.1, 0.15) is 5.56 Å². The van der Waals surface area contributed by atoms with Crippen LogP contribution >= 0.6 is 22.9 Å². The van der Waals surface area contributed by atoms with E-state index in [2.05, 4.69) is 15.5 Å². The van der Waals surface area contributed by atoms with Crippen molar-refractivity contribution in [3.63, 3.8) is 0 Å². The number of hydrogen-bond donors (Lipinski definition) is 3. The van der Waals surface area contributed by atoms with Gasteiger partial charge < -0.3 is 10.5 Å². The molecule has 1 aromatic carbocycles. The molecule has 3 heterocycles. The molecule has 0 spiro atoms. The first-order chi connectivity index (χ1) is 12.5. The van der Waals surface area contributed by atoms with Gasteiger partial charge in [-0.2, -0.15) is 5.10 Å². The Morgan fingerprint density at radius 1 is 1.27 bits per heavy atom. The molecule has 1 aliphatic rings. The topological polar surface area (TPSA) is 99.5 Å². The fourth-order valence-electron chi connectivity index (χ4n) is 2.89. The average Bonchev–Trinajstić information content (AvgIpc) is 3.26. The number of hydrogen-bond acceptors (Lipinski definition) is 6. The number of hydrazone groups is 1. The van der Waals surface area contributed by atoms with Crippen LogP contribution in [0, 0.1) is 0 Å². The average molecular weight is 389 g/mol. The van der Waals surface area contributed by atoms with E-state index in [1.807, 2.05) is 17.5 Å². The number of nitrogens with one attached hydrogen (secondary N) is 2. The lowest BCUT2D eigenvalue weighted by Crippen LogP contribution is -2.33. The zero-order valence-electron chi connectivity index (χ0n) is 13.3. The van der Waals surface area contributed by atoms with Crippen LogP contribution in [0.3, 0.4) is 0 Å². The summed E-state index contributed by atoms with van der Waals surface area (Å²) in [6.07, 6.45) is 0.422. The molecular weight excluding hydrogens is 376 g/mol.